The monoisotopic (exact) mass is 1350 g/mol. The van der Waals surface area contributed by atoms with Crippen LogP contribution in [0.25, 0.3) is 0 Å². The van der Waals surface area contributed by atoms with Crippen molar-refractivity contribution in [3.8, 4) is 0 Å². The number of hydrogen-bond acceptors (Lipinski definition) is 21. The Labute approximate surface area is 534 Å². The smallest absolute Gasteiger partial charge is 0.469 e. The van der Waals surface area contributed by atoms with E-state index in [0.29, 0.717) is 0 Å². The highest BCUT2D eigenvalue weighted by atomic mass is 32.2. The third kappa shape index (κ3) is 28.9. The number of hydrogen-bond donors (Lipinski definition) is 19. The van der Waals surface area contributed by atoms with Crippen molar-refractivity contribution in [3.63, 3.8) is 0 Å². The number of aliphatic hydroxyl groups is 2. The van der Waals surface area contributed by atoms with Crippen molar-refractivity contribution in [2.75, 3.05) is 31.8 Å². The first kappa shape index (κ1) is 82.4. The van der Waals surface area contributed by atoms with Gasteiger partial charge in [0.05, 0.1) is 32.2 Å². The minimum atomic E-state index is -5.50. The Hall–Kier alpha value is -7.61. The van der Waals surface area contributed by atoms with Crippen LogP contribution in [0, 0.1) is 17.8 Å². The molecule has 522 valence electrons. The maximum absolute atomic E-state index is 14.4. The lowest BCUT2D eigenvalue weighted by molar-refractivity contribution is -0.144. The molecule has 1 fully saturated rings. The molecule has 22 N–H and O–H groups in total. The number of aliphatic carboxylic acids is 2. The summed E-state index contributed by atoms with van der Waals surface area (Å²) in [6, 6.07) is -19.8. The molecule has 0 aliphatic carbocycles. The van der Waals surface area contributed by atoms with Crippen molar-refractivity contribution in [1.82, 2.24) is 58.1 Å². The molecule has 0 spiro atoms. The molecule has 0 saturated carbocycles. The molecule has 1 heterocycles. The van der Waals surface area contributed by atoms with Crippen LogP contribution in [0.15, 0.2) is 0 Å². The fourth-order valence-electron chi connectivity index (χ4n) is 8.91. The molecular weight excluding hydrogens is 1260 g/mol. The number of carboxylic acids is 2. The molecule has 13 amide bonds. The summed E-state index contributed by atoms with van der Waals surface area (Å²) in [4.78, 5) is 219. The Morgan fingerprint density at radius 3 is 1.54 bits per heavy atom. The number of thioether (sulfide) groups is 1. The number of amides is 13. The summed E-state index contributed by atoms with van der Waals surface area (Å²) in [5.41, 5.74) is 16.2. The highest BCUT2D eigenvalue weighted by Crippen LogP contribution is 2.36. The summed E-state index contributed by atoms with van der Waals surface area (Å²) in [7, 11) is -5.50. The summed E-state index contributed by atoms with van der Waals surface area (Å²) < 4.78 is 16.6. The van der Waals surface area contributed by atoms with E-state index >= 15 is 0 Å². The number of nitrogens with zero attached hydrogens (tertiary/aromatic N) is 1. The van der Waals surface area contributed by atoms with Crippen LogP contribution in [0.5, 0.6) is 0 Å². The van der Waals surface area contributed by atoms with E-state index in [9.17, 15) is 107 Å². The van der Waals surface area contributed by atoms with Gasteiger partial charge in [-0.05, 0) is 75.7 Å². The van der Waals surface area contributed by atoms with Gasteiger partial charge in [0.2, 0.25) is 76.8 Å². The maximum Gasteiger partial charge on any atom is 0.469 e. The second kappa shape index (κ2) is 39.7. The van der Waals surface area contributed by atoms with E-state index in [4.69, 9.17) is 17.2 Å². The van der Waals surface area contributed by atoms with E-state index in [0.717, 1.165) is 4.90 Å². The van der Waals surface area contributed by atoms with E-state index < -0.39 is 226 Å². The number of nitrogens with two attached hydrogens (primary N) is 3. The molecule has 0 aromatic carbocycles. The van der Waals surface area contributed by atoms with E-state index in [1.807, 2.05) is 0 Å². The van der Waals surface area contributed by atoms with Crippen molar-refractivity contribution in [2.24, 2.45) is 35.0 Å². The van der Waals surface area contributed by atoms with Gasteiger partial charge in [0.25, 0.3) is 0 Å². The van der Waals surface area contributed by atoms with Gasteiger partial charge in [-0.3, -0.25) is 76.4 Å². The van der Waals surface area contributed by atoms with Crippen molar-refractivity contribution in [1.29, 1.82) is 0 Å². The fraction of sp³-hybridized carbons (Fsp3) is 0.717. The second-order valence-corrected chi connectivity index (χ2v) is 24.9. The predicted octanol–water partition coefficient (Wildman–Crippen LogP) is -7.14. The van der Waals surface area contributed by atoms with E-state index in [-0.39, 0.29) is 50.3 Å². The molecule has 1 unspecified atom stereocenters. The van der Waals surface area contributed by atoms with Gasteiger partial charge >= 0.3 is 19.8 Å². The first-order valence-corrected chi connectivity index (χ1v) is 32.2. The number of carbonyl (C=O) groups is 15. The number of nitrogens with one attached hydrogen (secondary N) is 10. The van der Waals surface area contributed by atoms with Crippen LogP contribution in [-0.4, -0.2) is 234 Å². The number of likely N-dealkylation sites (tertiary alicyclic amines) is 1. The Balaban J connectivity index is 3.59. The van der Waals surface area contributed by atoms with Crippen LogP contribution >= 0.6 is 19.6 Å². The van der Waals surface area contributed by atoms with Crippen LogP contribution in [-0.2, 0) is 81.0 Å². The number of phosphoric acid groups is 1. The maximum atomic E-state index is 14.4. The number of carboxylic acid groups (broad SMARTS) is 2. The molecule has 14 atom stereocenters. The normalized spacial score (nSPS) is 17.3. The SMILES string of the molecule is CC[C@H](C)[C@H](NC(=O)[C@@H](N)CO)C(=O)N[C@@H](CC(=O)O)C(=O)N[C@@H](CCSC)C(=O)N[C@H](C(=O)N[C@@H](CC(=O)O)C(=O)NC(COP(=O)(O)O)C(=O)N1CCC[C@H]1C(=O)N[C@@H](CCC(N)=O)C(=O)N[C@@H](CC(C)C)C(=O)N[C@@H](C)C(=O)N[C@H](C(N)=O)[C@@H](C)O)C(C)C. The van der Waals surface area contributed by atoms with Crippen molar-refractivity contribution in [3.05, 3.63) is 0 Å². The predicted molar refractivity (Wildman–Crippen MR) is 323 cm³/mol. The molecular formula is C53H91N14O23PS. The molecule has 0 aromatic heterocycles. The van der Waals surface area contributed by atoms with E-state index in [1.165, 1.54) is 39.5 Å². The van der Waals surface area contributed by atoms with Gasteiger partial charge in [0.1, 0.15) is 72.5 Å². The molecule has 0 radical (unpaired) electrons. The van der Waals surface area contributed by atoms with Gasteiger partial charge in [0, 0.05) is 13.0 Å². The van der Waals surface area contributed by atoms with Gasteiger partial charge in [-0.15, -0.1) is 0 Å². The zero-order valence-electron chi connectivity index (χ0n) is 52.6. The van der Waals surface area contributed by atoms with Crippen molar-refractivity contribution >= 4 is 108 Å². The molecule has 1 rings (SSSR count). The molecule has 1 aliphatic rings. The Morgan fingerprint density at radius 2 is 1.08 bits per heavy atom. The summed E-state index contributed by atoms with van der Waals surface area (Å²) in [6.45, 7) is 9.40. The van der Waals surface area contributed by atoms with Gasteiger partial charge in [0.15, 0.2) is 0 Å². The lowest BCUT2D eigenvalue weighted by atomic mass is 9.97. The molecule has 1 aliphatic heterocycles. The van der Waals surface area contributed by atoms with Gasteiger partial charge in [-0.25, -0.2) is 4.57 Å². The quantitative estimate of drug-likeness (QED) is 0.0253. The number of primary amides is 2. The molecule has 39 heteroatoms. The molecule has 92 heavy (non-hydrogen) atoms. The first-order chi connectivity index (χ1) is 42.7. The highest BCUT2D eigenvalue weighted by molar-refractivity contribution is 7.98. The molecule has 0 aromatic rings. The number of carbonyl (C=O) groups excluding carboxylic acids is 13. The number of rotatable bonds is 42. The fourth-order valence-corrected chi connectivity index (χ4v) is 9.72. The van der Waals surface area contributed by atoms with Gasteiger partial charge in [-0.1, -0.05) is 48.0 Å². The minimum absolute atomic E-state index is 0.0471. The number of aliphatic hydroxyl groups excluding tert-OH is 2. The van der Waals surface area contributed by atoms with Crippen LogP contribution in [0.4, 0.5) is 0 Å². The lowest BCUT2D eigenvalue weighted by Gasteiger charge is -2.31. The molecule has 37 nitrogen and oxygen atoms in total. The molecule has 1 saturated heterocycles. The van der Waals surface area contributed by atoms with Crippen molar-refractivity contribution in [2.45, 2.75) is 192 Å². The largest absolute Gasteiger partial charge is 0.481 e. The first-order valence-electron chi connectivity index (χ1n) is 29.3. The third-order valence-corrected chi connectivity index (χ3v) is 15.3. The van der Waals surface area contributed by atoms with Crippen LogP contribution < -0.4 is 70.4 Å². The third-order valence-electron chi connectivity index (χ3n) is 14.2. The highest BCUT2D eigenvalue weighted by Gasteiger charge is 2.42. The minimum Gasteiger partial charge on any atom is -0.481 e. The zero-order valence-corrected chi connectivity index (χ0v) is 54.3. The van der Waals surface area contributed by atoms with Gasteiger partial charge < -0.3 is 105 Å². The standard InChI is InChI=1S/C53H91N14O23PS/c1-10-25(6)40(65-44(77)28(54)21-68)52(85)62-32(19-37(71)72)48(81)58-30(15-17-92-9)46(79)64-39(24(4)5)51(84)61-33(20-38(73)74)49(82)63-34(22-90-91(87,88)89)53(86)67-16-11-12-35(67)50(83)59-29(13-14-36(55)70)45(78)60-31(18-23(2)3)47(80)57-26(7)43(76)66-41(27(8)69)42(56)75/h23-35,39-41,68-69H,10-22,54H2,1-9H3,(H2,55,70)(H2,56,75)(H,57,80)(H,58,81)(H,59,83)(H,60,78)(H,61,84)(H,62,85)(H,63,82)(H,64,79)(H,65,77)(H,66,76)(H,71,72)(H,73,74)(H2,87,88,89)/t25-,26-,27+,28-,29-,30-,31-,32-,33-,34?,35-,39-,40-,41-/m0/s1. The lowest BCUT2D eigenvalue weighted by Crippen LogP contribution is -2.62. The average Bonchev–Trinajstić information content (AvgIpc) is 1.57. The van der Waals surface area contributed by atoms with Crippen molar-refractivity contribution < 1.29 is 111 Å². The number of phosphoric ester groups is 1. The van der Waals surface area contributed by atoms with Crippen LogP contribution in [0.1, 0.15) is 113 Å². The Morgan fingerprint density at radius 1 is 0.609 bits per heavy atom. The summed E-state index contributed by atoms with van der Waals surface area (Å²) in [6.07, 6.45) is -3.12. The summed E-state index contributed by atoms with van der Waals surface area (Å²) in [5.74, 6) is -19.2. The Kier molecular flexibility index (Phi) is 35.6. The molecule has 0 bridgehead atoms. The summed E-state index contributed by atoms with van der Waals surface area (Å²) in [5, 5.41) is 62.0. The Bertz CT molecular complexity index is 2690. The second-order valence-electron chi connectivity index (χ2n) is 22.7. The summed E-state index contributed by atoms with van der Waals surface area (Å²) >= 11 is 1.20. The van der Waals surface area contributed by atoms with Crippen LogP contribution in [0.2, 0.25) is 0 Å². The zero-order chi connectivity index (χ0) is 70.7. The van der Waals surface area contributed by atoms with Gasteiger partial charge in [-0.2, -0.15) is 11.8 Å². The van der Waals surface area contributed by atoms with E-state index in [1.54, 1.807) is 34.0 Å². The average molecular weight is 1360 g/mol. The topological polar surface area (TPSA) is 605 Å². The van der Waals surface area contributed by atoms with Crippen LogP contribution in [0.3, 0.4) is 0 Å². The van der Waals surface area contributed by atoms with E-state index in [2.05, 4.69) is 57.7 Å².